The molecule has 0 aliphatic heterocycles. The molecule has 0 rings (SSSR count). The normalized spacial score (nSPS) is 10.8. The van der Waals surface area contributed by atoms with Crippen LogP contribution in [0, 0.1) is 5.92 Å². The highest BCUT2D eigenvalue weighted by molar-refractivity contribution is 4.88. The van der Waals surface area contributed by atoms with Crippen LogP contribution in [-0.4, -0.2) is 35.1 Å². The molecule has 0 fully saturated rings. The second-order valence-corrected chi connectivity index (χ2v) is 2.17. The Morgan fingerprint density at radius 2 is 1.00 bits per heavy atom. The molecule has 3 N–H and O–H groups in total. The molecule has 0 aromatic rings. The molecule has 0 aliphatic rings. The molecule has 0 amide bonds. The van der Waals surface area contributed by atoms with E-state index in [4.69, 9.17) is 15.3 Å². The molecule has 0 spiro atoms. The molecule has 0 atom stereocenters. The van der Waals surface area contributed by atoms with E-state index in [2.05, 4.69) is 0 Å². The molecule has 0 saturated heterocycles. The Kier molecular flexibility index (Phi) is 6.91. The van der Waals surface area contributed by atoms with Crippen LogP contribution in [0.5, 0.6) is 0 Å². The predicted molar refractivity (Wildman–Crippen MR) is 38.4 cm³/mol. The van der Waals surface area contributed by atoms with Crippen molar-refractivity contribution < 1.29 is 15.3 Å². The summed E-state index contributed by atoms with van der Waals surface area (Å²) in [6.07, 6.45) is 1.80. The molecule has 10 heavy (non-hydrogen) atoms. The first kappa shape index (κ1) is 9.88. The maximum atomic E-state index is 8.51. The second kappa shape index (κ2) is 6.99. The third kappa shape index (κ3) is 4.73. The van der Waals surface area contributed by atoms with Gasteiger partial charge in [0.1, 0.15) is 0 Å². The van der Waals surface area contributed by atoms with Gasteiger partial charge in [-0.15, -0.1) is 0 Å². The Balaban J connectivity index is 3.30. The van der Waals surface area contributed by atoms with Crippen molar-refractivity contribution >= 4 is 0 Å². The minimum Gasteiger partial charge on any atom is -0.396 e. The third-order valence-corrected chi connectivity index (χ3v) is 1.40. The lowest BCUT2D eigenvalue weighted by molar-refractivity contribution is 0.243. The van der Waals surface area contributed by atoms with Crippen LogP contribution in [-0.2, 0) is 0 Å². The minimum absolute atomic E-state index is 0.106. The van der Waals surface area contributed by atoms with Crippen molar-refractivity contribution in [2.45, 2.75) is 19.3 Å². The Morgan fingerprint density at radius 3 is 1.20 bits per heavy atom. The molecule has 0 heterocycles. The first-order valence-electron chi connectivity index (χ1n) is 3.51. The van der Waals surface area contributed by atoms with Gasteiger partial charge in [-0.25, -0.2) is 0 Å². The minimum atomic E-state index is 0.106. The monoisotopic (exact) mass is 147 g/mol. The number of aliphatic hydroxyl groups excluding tert-OH is 3. The molecule has 3 nitrogen and oxygen atoms in total. The first-order chi connectivity index (χ1) is 4.85. The van der Waals surface area contributed by atoms with Crippen molar-refractivity contribution in [1.82, 2.24) is 0 Å². The lowest BCUT2D eigenvalue weighted by atomic mass is 9.99. The molecule has 1 radical (unpaired) electrons. The molecule has 0 bridgehead atoms. The van der Waals surface area contributed by atoms with Crippen LogP contribution in [0.25, 0.3) is 0 Å². The zero-order chi connectivity index (χ0) is 7.82. The van der Waals surface area contributed by atoms with E-state index >= 15 is 0 Å². The summed E-state index contributed by atoms with van der Waals surface area (Å²) in [5, 5.41) is 25.5. The second-order valence-electron chi connectivity index (χ2n) is 2.17. The summed E-state index contributed by atoms with van der Waals surface area (Å²) >= 11 is 0. The molecule has 0 unspecified atom stereocenters. The molecule has 3 heteroatoms. The fourth-order valence-corrected chi connectivity index (χ4v) is 0.849. The Labute approximate surface area is 61.3 Å². The third-order valence-electron chi connectivity index (χ3n) is 1.40. The molecule has 0 aromatic carbocycles. The van der Waals surface area contributed by atoms with Crippen molar-refractivity contribution in [3.05, 3.63) is 5.92 Å². The number of hydrogen-bond donors (Lipinski definition) is 3. The maximum Gasteiger partial charge on any atom is 0.0436 e. The summed E-state index contributed by atoms with van der Waals surface area (Å²) in [6, 6.07) is 0. The van der Waals surface area contributed by atoms with E-state index in [1.54, 1.807) is 0 Å². The fraction of sp³-hybridized carbons (Fsp3) is 0.857. The van der Waals surface area contributed by atoms with Gasteiger partial charge < -0.3 is 15.3 Å². The summed E-state index contributed by atoms with van der Waals surface area (Å²) < 4.78 is 0. The summed E-state index contributed by atoms with van der Waals surface area (Å²) in [5.74, 6) is 1.03. The largest absolute Gasteiger partial charge is 0.396 e. The smallest absolute Gasteiger partial charge is 0.0436 e. The van der Waals surface area contributed by atoms with Gasteiger partial charge in [0.25, 0.3) is 0 Å². The summed E-state index contributed by atoms with van der Waals surface area (Å²) in [7, 11) is 0. The standard InChI is InChI=1S/C7H15O3/c8-4-1-7(2-5-9)3-6-10/h8-10H,1-6H2. The summed E-state index contributed by atoms with van der Waals surface area (Å²) in [5.41, 5.74) is 0. The van der Waals surface area contributed by atoms with Gasteiger partial charge in [-0.05, 0) is 25.2 Å². The number of hydrogen-bond acceptors (Lipinski definition) is 3. The zero-order valence-electron chi connectivity index (χ0n) is 6.08. The van der Waals surface area contributed by atoms with Crippen LogP contribution in [0.2, 0.25) is 0 Å². The predicted octanol–water partition coefficient (Wildman–Crippen LogP) is -0.292. The topological polar surface area (TPSA) is 60.7 Å². The van der Waals surface area contributed by atoms with Gasteiger partial charge >= 0.3 is 0 Å². The van der Waals surface area contributed by atoms with Gasteiger partial charge in [0.15, 0.2) is 0 Å². The first-order valence-corrected chi connectivity index (χ1v) is 3.51. The van der Waals surface area contributed by atoms with Crippen molar-refractivity contribution in [1.29, 1.82) is 0 Å². The van der Waals surface area contributed by atoms with Crippen molar-refractivity contribution in [2.75, 3.05) is 19.8 Å². The zero-order valence-corrected chi connectivity index (χ0v) is 6.08. The average molecular weight is 147 g/mol. The van der Waals surface area contributed by atoms with Crippen LogP contribution in [0.4, 0.5) is 0 Å². The van der Waals surface area contributed by atoms with Crippen LogP contribution in [0.15, 0.2) is 0 Å². The van der Waals surface area contributed by atoms with Gasteiger partial charge in [-0.1, -0.05) is 0 Å². The Morgan fingerprint density at radius 1 is 0.700 bits per heavy atom. The highest BCUT2D eigenvalue weighted by Crippen LogP contribution is 2.13. The van der Waals surface area contributed by atoms with Crippen LogP contribution in [0.1, 0.15) is 19.3 Å². The van der Waals surface area contributed by atoms with Gasteiger partial charge in [0.05, 0.1) is 0 Å². The van der Waals surface area contributed by atoms with Crippen LogP contribution < -0.4 is 0 Å². The highest BCUT2D eigenvalue weighted by Gasteiger charge is 2.06. The van der Waals surface area contributed by atoms with E-state index in [-0.39, 0.29) is 19.8 Å². The molecule has 0 aliphatic carbocycles. The summed E-state index contributed by atoms with van der Waals surface area (Å²) in [6.45, 7) is 0.319. The molecule has 0 aromatic heterocycles. The quantitative estimate of drug-likeness (QED) is 0.483. The highest BCUT2D eigenvalue weighted by atomic mass is 16.3. The SMILES string of the molecule is OCC[C](CCO)CCO. The van der Waals surface area contributed by atoms with E-state index in [0.29, 0.717) is 19.3 Å². The van der Waals surface area contributed by atoms with Crippen LogP contribution >= 0.6 is 0 Å². The van der Waals surface area contributed by atoms with E-state index in [1.165, 1.54) is 0 Å². The van der Waals surface area contributed by atoms with Crippen molar-refractivity contribution in [3.8, 4) is 0 Å². The van der Waals surface area contributed by atoms with Crippen molar-refractivity contribution in [3.63, 3.8) is 0 Å². The number of aliphatic hydroxyl groups is 3. The van der Waals surface area contributed by atoms with Crippen LogP contribution in [0.3, 0.4) is 0 Å². The van der Waals surface area contributed by atoms with E-state index < -0.39 is 0 Å². The Hall–Kier alpha value is -0.120. The molecular formula is C7H15O3. The summed E-state index contributed by atoms with van der Waals surface area (Å²) in [4.78, 5) is 0. The van der Waals surface area contributed by atoms with Gasteiger partial charge in [-0.3, -0.25) is 0 Å². The maximum absolute atomic E-state index is 8.51. The van der Waals surface area contributed by atoms with Gasteiger partial charge in [-0.2, -0.15) is 0 Å². The van der Waals surface area contributed by atoms with E-state index in [0.717, 1.165) is 5.92 Å². The van der Waals surface area contributed by atoms with Crippen molar-refractivity contribution in [2.24, 2.45) is 0 Å². The lowest BCUT2D eigenvalue weighted by Gasteiger charge is -2.10. The van der Waals surface area contributed by atoms with Gasteiger partial charge in [0.2, 0.25) is 0 Å². The molecule has 61 valence electrons. The van der Waals surface area contributed by atoms with E-state index in [1.807, 2.05) is 0 Å². The average Bonchev–Trinajstić information content (AvgIpc) is 1.90. The molecule has 0 saturated carbocycles. The molecular weight excluding hydrogens is 132 g/mol. The van der Waals surface area contributed by atoms with E-state index in [9.17, 15) is 0 Å². The number of rotatable bonds is 6. The Bertz CT molecular complexity index is 51.6. The lowest BCUT2D eigenvalue weighted by Crippen LogP contribution is -2.05. The fourth-order valence-electron chi connectivity index (χ4n) is 0.849. The van der Waals surface area contributed by atoms with Gasteiger partial charge in [0, 0.05) is 19.8 Å².